The second kappa shape index (κ2) is 7.96. The summed E-state index contributed by atoms with van der Waals surface area (Å²) in [5.74, 6) is -1.15. The van der Waals surface area contributed by atoms with Gasteiger partial charge in [-0.1, -0.05) is 13.8 Å². The summed E-state index contributed by atoms with van der Waals surface area (Å²) in [6.45, 7) is 6.46. The smallest absolute Gasteiger partial charge is 0.317 e. The Hall–Kier alpha value is -1.47. The fraction of sp³-hybridized carbons (Fsp3) is 0.615. The van der Waals surface area contributed by atoms with Gasteiger partial charge >= 0.3 is 5.97 Å². The summed E-state index contributed by atoms with van der Waals surface area (Å²) in [7, 11) is 0. The molecule has 0 saturated heterocycles. The maximum Gasteiger partial charge on any atom is 0.317 e. The van der Waals surface area contributed by atoms with Gasteiger partial charge in [0.1, 0.15) is 0 Å². The fourth-order valence-electron chi connectivity index (χ4n) is 1.89. The number of thiazole rings is 1. The molecule has 20 heavy (non-hydrogen) atoms. The number of nitrogens with one attached hydrogen (secondary N) is 1. The predicted molar refractivity (Wildman–Crippen MR) is 79.2 cm³/mol. The van der Waals surface area contributed by atoms with E-state index in [4.69, 9.17) is 5.11 Å². The molecule has 0 aromatic carbocycles. The first-order valence-electron chi connectivity index (χ1n) is 6.66. The SMILES string of the molecule is CCCN(CC(=O)O)CC(=O)Nc1nc(CC)c(C)s1. The number of hydrogen-bond donors (Lipinski definition) is 2. The Morgan fingerprint density at radius 3 is 2.55 bits per heavy atom. The van der Waals surface area contributed by atoms with Crippen LogP contribution in [-0.4, -0.2) is 46.5 Å². The van der Waals surface area contributed by atoms with E-state index in [1.54, 1.807) is 4.90 Å². The van der Waals surface area contributed by atoms with Crippen molar-refractivity contribution in [3.8, 4) is 0 Å². The summed E-state index contributed by atoms with van der Waals surface area (Å²) in [4.78, 5) is 29.7. The van der Waals surface area contributed by atoms with Gasteiger partial charge in [-0.3, -0.25) is 14.5 Å². The third kappa shape index (κ3) is 5.26. The molecule has 0 bridgehead atoms. The lowest BCUT2D eigenvalue weighted by Gasteiger charge is -2.18. The lowest BCUT2D eigenvalue weighted by atomic mass is 10.3. The van der Waals surface area contributed by atoms with Crippen molar-refractivity contribution < 1.29 is 14.7 Å². The number of amides is 1. The quantitative estimate of drug-likeness (QED) is 0.764. The van der Waals surface area contributed by atoms with Crippen LogP contribution in [0.25, 0.3) is 0 Å². The summed E-state index contributed by atoms with van der Waals surface area (Å²) < 4.78 is 0. The monoisotopic (exact) mass is 299 g/mol. The summed E-state index contributed by atoms with van der Waals surface area (Å²) in [6.07, 6.45) is 1.64. The number of aryl methyl sites for hydroxylation is 2. The van der Waals surface area contributed by atoms with Gasteiger partial charge in [0.15, 0.2) is 5.13 Å². The second-order valence-electron chi connectivity index (χ2n) is 4.53. The molecule has 2 N–H and O–H groups in total. The first-order valence-corrected chi connectivity index (χ1v) is 7.48. The summed E-state index contributed by atoms with van der Waals surface area (Å²) in [5.41, 5.74) is 0.987. The van der Waals surface area contributed by atoms with Crippen molar-refractivity contribution in [2.75, 3.05) is 25.0 Å². The van der Waals surface area contributed by atoms with E-state index < -0.39 is 5.97 Å². The molecule has 1 aromatic rings. The van der Waals surface area contributed by atoms with Crippen molar-refractivity contribution in [1.29, 1.82) is 0 Å². The average molecular weight is 299 g/mol. The van der Waals surface area contributed by atoms with Crippen LogP contribution in [0.5, 0.6) is 0 Å². The van der Waals surface area contributed by atoms with Crippen LogP contribution >= 0.6 is 11.3 Å². The Balaban J connectivity index is 2.57. The van der Waals surface area contributed by atoms with Gasteiger partial charge < -0.3 is 10.4 Å². The Labute approximate surface area is 122 Å². The van der Waals surface area contributed by atoms with Crippen molar-refractivity contribution in [2.45, 2.75) is 33.6 Å². The van der Waals surface area contributed by atoms with E-state index in [9.17, 15) is 9.59 Å². The molecule has 0 radical (unpaired) electrons. The van der Waals surface area contributed by atoms with E-state index in [2.05, 4.69) is 10.3 Å². The second-order valence-corrected chi connectivity index (χ2v) is 5.73. The van der Waals surface area contributed by atoms with Crippen LogP contribution in [-0.2, 0) is 16.0 Å². The highest BCUT2D eigenvalue weighted by Gasteiger charge is 2.15. The zero-order valence-electron chi connectivity index (χ0n) is 12.1. The fourth-order valence-corrected chi connectivity index (χ4v) is 2.81. The van der Waals surface area contributed by atoms with Gasteiger partial charge in [-0.05, 0) is 26.3 Å². The maximum absolute atomic E-state index is 11.9. The Bertz CT molecular complexity index is 473. The number of anilines is 1. The van der Waals surface area contributed by atoms with Crippen molar-refractivity contribution >= 4 is 28.3 Å². The minimum atomic E-state index is -0.926. The van der Waals surface area contributed by atoms with Gasteiger partial charge in [0.05, 0.1) is 18.8 Å². The predicted octanol–water partition coefficient (Wildman–Crippen LogP) is 1.75. The van der Waals surface area contributed by atoms with Crippen LogP contribution < -0.4 is 5.32 Å². The minimum absolute atomic E-state index is 0.0697. The Kier molecular flexibility index (Phi) is 6.60. The molecule has 112 valence electrons. The first-order chi connectivity index (χ1) is 9.46. The molecule has 0 spiro atoms. The highest BCUT2D eigenvalue weighted by Crippen LogP contribution is 2.22. The van der Waals surface area contributed by atoms with Crippen LogP contribution in [0.3, 0.4) is 0 Å². The molecule has 0 aliphatic heterocycles. The van der Waals surface area contributed by atoms with Crippen LogP contribution in [0.15, 0.2) is 0 Å². The number of hydrogen-bond acceptors (Lipinski definition) is 5. The number of aromatic nitrogens is 1. The molecule has 1 heterocycles. The number of aliphatic carboxylic acids is 1. The van der Waals surface area contributed by atoms with Gasteiger partial charge in [-0.2, -0.15) is 0 Å². The number of carboxylic acid groups (broad SMARTS) is 1. The van der Waals surface area contributed by atoms with Crippen LogP contribution in [0.1, 0.15) is 30.8 Å². The molecule has 0 aliphatic carbocycles. The molecule has 0 unspecified atom stereocenters. The Morgan fingerprint density at radius 2 is 2.05 bits per heavy atom. The van der Waals surface area contributed by atoms with Crippen LogP contribution in [0.4, 0.5) is 5.13 Å². The molecule has 0 fully saturated rings. The van der Waals surface area contributed by atoms with E-state index in [0.717, 1.165) is 23.4 Å². The molecular formula is C13H21N3O3S. The lowest BCUT2D eigenvalue weighted by Crippen LogP contribution is -2.37. The van der Waals surface area contributed by atoms with E-state index in [1.807, 2.05) is 20.8 Å². The lowest BCUT2D eigenvalue weighted by molar-refractivity contribution is -0.138. The largest absolute Gasteiger partial charge is 0.480 e. The molecule has 1 rings (SSSR count). The highest BCUT2D eigenvalue weighted by molar-refractivity contribution is 7.15. The zero-order chi connectivity index (χ0) is 15.1. The maximum atomic E-state index is 11.9. The number of carboxylic acids is 1. The van der Waals surface area contributed by atoms with Crippen molar-refractivity contribution in [2.24, 2.45) is 0 Å². The number of carbonyl (C=O) groups is 2. The minimum Gasteiger partial charge on any atom is -0.480 e. The summed E-state index contributed by atoms with van der Waals surface area (Å²) in [5, 5.41) is 12.1. The van der Waals surface area contributed by atoms with Crippen LogP contribution in [0, 0.1) is 6.92 Å². The van der Waals surface area contributed by atoms with E-state index in [1.165, 1.54) is 11.3 Å². The van der Waals surface area contributed by atoms with Gasteiger partial charge in [-0.15, -0.1) is 11.3 Å². The topological polar surface area (TPSA) is 82.5 Å². The zero-order valence-corrected chi connectivity index (χ0v) is 12.9. The van der Waals surface area contributed by atoms with Gasteiger partial charge in [0, 0.05) is 4.88 Å². The first kappa shape index (κ1) is 16.6. The highest BCUT2D eigenvalue weighted by atomic mass is 32.1. The normalized spacial score (nSPS) is 10.8. The van der Waals surface area contributed by atoms with E-state index in [-0.39, 0.29) is 19.0 Å². The molecule has 7 heteroatoms. The molecule has 0 aliphatic rings. The van der Waals surface area contributed by atoms with E-state index in [0.29, 0.717) is 11.7 Å². The van der Waals surface area contributed by atoms with Crippen molar-refractivity contribution in [1.82, 2.24) is 9.88 Å². The van der Waals surface area contributed by atoms with Gasteiger partial charge in [0.25, 0.3) is 0 Å². The Morgan fingerprint density at radius 1 is 1.35 bits per heavy atom. The molecule has 0 saturated carbocycles. The average Bonchev–Trinajstić information content (AvgIpc) is 2.68. The standard InChI is InChI=1S/C13H21N3O3S/c1-4-6-16(8-12(18)19)7-11(17)15-13-14-10(5-2)9(3)20-13/h4-8H2,1-3H3,(H,18,19)(H,14,15,17). The third-order valence-electron chi connectivity index (χ3n) is 2.74. The number of carbonyl (C=O) groups excluding carboxylic acids is 1. The van der Waals surface area contributed by atoms with Crippen molar-refractivity contribution in [3.63, 3.8) is 0 Å². The van der Waals surface area contributed by atoms with Gasteiger partial charge in [-0.25, -0.2) is 4.98 Å². The molecule has 6 nitrogen and oxygen atoms in total. The van der Waals surface area contributed by atoms with Crippen molar-refractivity contribution in [3.05, 3.63) is 10.6 Å². The molecule has 0 atom stereocenters. The molecular weight excluding hydrogens is 278 g/mol. The van der Waals surface area contributed by atoms with Crippen LogP contribution in [0.2, 0.25) is 0 Å². The molecule has 1 aromatic heterocycles. The number of rotatable bonds is 8. The third-order valence-corrected chi connectivity index (χ3v) is 3.67. The summed E-state index contributed by atoms with van der Waals surface area (Å²) >= 11 is 1.44. The number of nitrogens with zero attached hydrogens (tertiary/aromatic N) is 2. The van der Waals surface area contributed by atoms with E-state index >= 15 is 0 Å². The van der Waals surface area contributed by atoms with Gasteiger partial charge in [0.2, 0.25) is 5.91 Å². The summed E-state index contributed by atoms with van der Waals surface area (Å²) in [6, 6.07) is 0. The molecule has 1 amide bonds.